The van der Waals surface area contributed by atoms with E-state index in [1.165, 1.54) is 60.5 Å². The number of nitrogens with zero attached hydrogens (tertiary/aromatic N) is 2. The SMILES string of the molecule is COc1cc(-c2cccc(C)c2)c(F)cc1-n1c(=O)ccc2cc(S(=O)(=O)Nc3ncco3)ccc21. The molecule has 0 unspecified atom stereocenters. The number of nitrogens with one attached hydrogen (secondary N) is 1. The summed E-state index contributed by atoms with van der Waals surface area (Å²) in [5, 5.41) is 0.440. The molecule has 1 N–H and O–H groups in total. The van der Waals surface area contributed by atoms with Crippen LogP contribution in [0.3, 0.4) is 0 Å². The van der Waals surface area contributed by atoms with Gasteiger partial charge in [0.25, 0.3) is 15.6 Å². The summed E-state index contributed by atoms with van der Waals surface area (Å²) < 4.78 is 54.9. The summed E-state index contributed by atoms with van der Waals surface area (Å²) in [5.41, 5.74) is 2.11. The third kappa shape index (κ3) is 4.22. The summed E-state index contributed by atoms with van der Waals surface area (Å²) in [6, 6.07) is 17.0. The van der Waals surface area contributed by atoms with Crippen molar-refractivity contribution >= 4 is 26.9 Å². The van der Waals surface area contributed by atoms with E-state index in [0.717, 1.165) is 5.56 Å². The van der Waals surface area contributed by atoms with E-state index in [-0.39, 0.29) is 22.3 Å². The molecule has 8 nitrogen and oxygen atoms in total. The molecule has 3 aromatic carbocycles. The van der Waals surface area contributed by atoms with Crippen LogP contribution in [0.4, 0.5) is 10.4 Å². The largest absolute Gasteiger partial charge is 0.495 e. The number of aryl methyl sites for hydroxylation is 1. The molecule has 0 fully saturated rings. The monoisotopic (exact) mass is 505 g/mol. The molecule has 0 aliphatic heterocycles. The Labute approximate surface area is 205 Å². The zero-order valence-electron chi connectivity index (χ0n) is 19.2. The summed E-state index contributed by atoms with van der Waals surface area (Å²) in [4.78, 5) is 16.6. The van der Waals surface area contributed by atoms with Crippen molar-refractivity contribution in [2.45, 2.75) is 11.8 Å². The first kappa shape index (κ1) is 23.3. The molecular formula is C26H20FN3O5S. The van der Waals surface area contributed by atoms with Crippen LogP contribution in [-0.4, -0.2) is 25.1 Å². The van der Waals surface area contributed by atoms with Crippen LogP contribution in [0.25, 0.3) is 27.7 Å². The first-order chi connectivity index (χ1) is 17.3. The van der Waals surface area contributed by atoms with E-state index in [1.807, 2.05) is 25.1 Å². The van der Waals surface area contributed by atoms with Crippen molar-refractivity contribution in [3.8, 4) is 22.6 Å². The Morgan fingerprint density at radius 2 is 1.89 bits per heavy atom. The van der Waals surface area contributed by atoms with Crippen molar-refractivity contribution < 1.29 is 22.0 Å². The minimum absolute atomic E-state index is 0.0636. The molecule has 0 saturated carbocycles. The van der Waals surface area contributed by atoms with Crippen LogP contribution < -0.4 is 15.0 Å². The lowest BCUT2D eigenvalue weighted by Crippen LogP contribution is -2.19. The van der Waals surface area contributed by atoms with Crippen LogP contribution >= 0.6 is 0 Å². The molecule has 0 atom stereocenters. The molecule has 5 aromatic rings. The molecule has 36 heavy (non-hydrogen) atoms. The Morgan fingerprint density at radius 3 is 2.61 bits per heavy atom. The number of aromatic nitrogens is 2. The normalized spacial score (nSPS) is 11.5. The molecule has 0 saturated heterocycles. The molecule has 10 heteroatoms. The Kier molecular flexibility index (Phi) is 5.81. The number of oxazole rings is 1. The first-order valence-corrected chi connectivity index (χ1v) is 12.3. The predicted molar refractivity (Wildman–Crippen MR) is 134 cm³/mol. The zero-order chi connectivity index (χ0) is 25.4. The maximum atomic E-state index is 15.3. The second-order valence-corrected chi connectivity index (χ2v) is 9.73. The fourth-order valence-corrected chi connectivity index (χ4v) is 4.98. The molecule has 0 bridgehead atoms. The van der Waals surface area contributed by atoms with E-state index in [9.17, 15) is 13.2 Å². The van der Waals surface area contributed by atoms with E-state index in [0.29, 0.717) is 22.0 Å². The number of sulfonamides is 1. The number of methoxy groups -OCH3 is 1. The van der Waals surface area contributed by atoms with Gasteiger partial charge in [-0.05, 0) is 42.8 Å². The number of benzene rings is 3. The van der Waals surface area contributed by atoms with Gasteiger partial charge in [-0.2, -0.15) is 0 Å². The molecule has 5 rings (SSSR count). The van der Waals surface area contributed by atoms with E-state index >= 15 is 4.39 Å². The van der Waals surface area contributed by atoms with Gasteiger partial charge in [0.2, 0.25) is 0 Å². The summed E-state index contributed by atoms with van der Waals surface area (Å²) in [6.07, 6.45) is 2.56. The number of fused-ring (bicyclic) bond motifs is 1. The molecule has 2 heterocycles. The molecular weight excluding hydrogens is 485 g/mol. The third-order valence-corrected chi connectivity index (χ3v) is 6.99. The van der Waals surface area contributed by atoms with Crippen LogP contribution in [0.1, 0.15) is 5.56 Å². The van der Waals surface area contributed by atoms with Gasteiger partial charge in [-0.25, -0.2) is 22.5 Å². The number of hydrogen-bond donors (Lipinski definition) is 1. The van der Waals surface area contributed by atoms with Gasteiger partial charge in [0, 0.05) is 23.1 Å². The Morgan fingerprint density at radius 1 is 1.06 bits per heavy atom. The third-order valence-electron chi connectivity index (χ3n) is 5.67. The second-order valence-electron chi connectivity index (χ2n) is 8.04. The minimum atomic E-state index is -4.00. The Hall–Kier alpha value is -4.44. The fraction of sp³-hybridized carbons (Fsp3) is 0.0769. The van der Waals surface area contributed by atoms with Crippen molar-refractivity contribution in [2.75, 3.05) is 11.8 Å². The van der Waals surface area contributed by atoms with Gasteiger partial charge in [-0.1, -0.05) is 29.8 Å². The van der Waals surface area contributed by atoms with Crippen molar-refractivity contribution in [3.63, 3.8) is 0 Å². The van der Waals surface area contributed by atoms with Gasteiger partial charge in [0.05, 0.1) is 29.4 Å². The zero-order valence-corrected chi connectivity index (χ0v) is 20.0. The number of pyridine rings is 1. The van der Waals surface area contributed by atoms with Crippen LogP contribution in [0.15, 0.2) is 93.3 Å². The quantitative estimate of drug-likeness (QED) is 0.352. The smallest absolute Gasteiger partial charge is 0.308 e. The van der Waals surface area contributed by atoms with Crippen molar-refractivity contribution in [3.05, 3.63) is 101 Å². The van der Waals surface area contributed by atoms with Gasteiger partial charge in [0.1, 0.15) is 17.8 Å². The molecule has 0 amide bonds. The molecule has 2 aromatic heterocycles. The van der Waals surface area contributed by atoms with Gasteiger partial charge in [-0.3, -0.25) is 9.36 Å². The summed E-state index contributed by atoms with van der Waals surface area (Å²) in [7, 11) is -2.56. The lowest BCUT2D eigenvalue weighted by molar-refractivity contribution is 0.412. The molecule has 0 radical (unpaired) electrons. The van der Waals surface area contributed by atoms with Crippen LogP contribution in [0.2, 0.25) is 0 Å². The second kappa shape index (κ2) is 8.97. The lowest BCUT2D eigenvalue weighted by atomic mass is 10.0. The summed E-state index contributed by atoms with van der Waals surface area (Å²) >= 11 is 0. The highest BCUT2D eigenvalue weighted by Gasteiger charge is 2.20. The van der Waals surface area contributed by atoms with E-state index < -0.39 is 21.4 Å². The van der Waals surface area contributed by atoms with Crippen LogP contribution in [0.5, 0.6) is 5.75 Å². The van der Waals surface area contributed by atoms with Crippen LogP contribution in [-0.2, 0) is 10.0 Å². The summed E-state index contributed by atoms with van der Waals surface area (Å²) in [6.45, 7) is 1.91. The molecule has 0 aliphatic rings. The average Bonchev–Trinajstić information content (AvgIpc) is 3.36. The predicted octanol–water partition coefficient (Wildman–Crippen LogP) is 4.90. The van der Waals surface area contributed by atoms with E-state index in [4.69, 9.17) is 9.15 Å². The van der Waals surface area contributed by atoms with E-state index in [1.54, 1.807) is 12.1 Å². The topological polar surface area (TPSA) is 103 Å². The van der Waals surface area contributed by atoms with E-state index in [2.05, 4.69) is 9.71 Å². The van der Waals surface area contributed by atoms with Gasteiger partial charge >= 0.3 is 6.01 Å². The van der Waals surface area contributed by atoms with Gasteiger partial charge in [-0.15, -0.1) is 0 Å². The number of rotatable bonds is 6. The lowest BCUT2D eigenvalue weighted by Gasteiger charge is -2.16. The highest BCUT2D eigenvalue weighted by Crippen LogP contribution is 2.34. The highest BCUT2D eigenvalue weighted by molar-refractivity contribution is 7.92. The average molecular weight is 506 g/mol. The van der Waals surface area contributed by atoms with Crippen LogP contribution in [0, 0.1) is 12.7 Å². The maximum Gasteiger partial charge on any atom is 0.308 e. The van der Waals surface area contributed by atoms with Gasteiger partial charge < -0.3 is 9.15 Å². The first-order valence-electron chi connectivity index (χ1n) is 10.8. The maximum absolute atomic E-state index is 15.3. The number of anilines is 1. The molecule has 0 aliphatic carbocycles. The number of hydrogen-bond acceptors (Lipinski definition) is 6. The number of halogens is 1. The Balaban J connectivity index is 1.65. The highest BCUT2D eigenvalue weighted by atomic mass is 32.2. The van der Waals surface area contributed by atoms with Crippen molar-refractivity contribution in [2.24, 2.45) is 0 Å². The van der Waals surface area contributed by atoms with Crippen molar-refractivity contribution in [1.29, 1.82) is 0 Å². The van der Waals surface area contributed by atoms with Gasteiger partial charge in [0.15, 0.2) is 0 Å². The minimum Gasteiger partial charge on any atom is -0.495 e. The molecule has 0 spiro atoms. The fourth-order valence-electron chi connectivity index (χ4n) is 4.00. The summed E-state index contributed by atoms with van der Waals surface area (Å²) in [5.74, 6) is -0.251. The molecule has 182 valence electrons. The standard InChI is InChI=1S/C26H20FN3O5S/c1-16-4-3-5-17(12-16)20-14-24(34-2)23(15-21(20)27)30-22-8-7-19(13-18(22)6-9-25(30)31)36(32,33)29-26-28-10-11-35-26/h3-15H,1-2H3,(H,28,29). The van der Waals surface area contributed by atoms with Crippen molar-refractivity contribution in [1.82, 2.24) is 9.55 Å². The number of ether oxygens (including phenoxy) is 1. The Bertz CT molecular complexity index is 1760.